The average molecular weight is 237 g/mol. The van der Waals surface area contributed by atoms with Crippen LogP contribution in [-0.4, -0.2) is 19.9 Å². The van der Waals surface area contributed by atoms with E-state index in [0.29, 0.717) is 12.5 Å². The van der Waals surface area contributed by atoms with Gasteiger partial charge < -0.3 is 11.1 Å². The summed E-state index contributed by atoms with van der Waals surface area (Å²) in [6, 6.07) is 3.78. The van der Waals surface area contributed by atoms with Crippen molar-refractivity contribution in [1.29, 1.82) is 0 Å². The number of nitrogens with one attached hydrogen (secondary N) is 1. The Labute approximate surface area is 96.9 Å². The molecule has 0 unspecified atom stereocenters. The number of pyridine rings is 1. The molecule has 2 heterocycles. The van der Waals surface area contributed by atoms with Gasteiger partial charge in [0.2, 0.25) is 17.2 Å². The van der Waals surface area contributed by atoms with Crippen LogP contribution in [0.25, 0.3) is 0 Å². The van der Waals surface area contributed by atoms with Crippen LogP contribution in [0.15, 0.2) is 24.5 Å². The molecular weight excluding hydrogens is 228 g/mol. The van der Waals surface area contributed by atoms with Gasteiger partial charge in [0.05, 0.1) is 0 Å². The fourth-order valence-electron chi connectivity index (χ4n) is 1.13. The molecule has 0 saturated heterocycles. The van der Waals surface area contributed by atoms with Gasteiger partial charge in [0.15, 0.2) is 0 Å². The van der Waals surface area contributed by atoms with Gasteiger partial charge in [0.1, 0.15) is 0 Å². The Morgan fingerprint density at radius 3 is 2.62 bits per heavy atom. The number of nitrogens with zero attached hydrogens (tertiary/aromatic N) is 4. The molecule has 0 radical (unpaired) electrons. The summed E-state index contributed by atoms with van der Waals surface area (Å²) < 4.78 is 0. The second-order valence-corrected chi connectivity index (χ2v) is 3.33. The van der Waals surface area contributed by atoms with E-state index >= 15 is 0 Å². The van der Waals surface area contributed by atoms with Crippen LogP contribution >= 0.6 is 11.6 Å². The number of halogens is 1. The van der Waals surface area contributed by atoms with Crippen molar-refractivity contribution < 1.29 is 0 Å². The van der Waals surface area contributed by atoms with Crippen LogP contribution in [0.5, 0.6) is 0 Å². The van der Waals surface area contributed by atoms with Crippen LogP contribution in [0.2, 0.25) is 5.28 Å². The van der Waals surface area contributed by atoms with E-state index in [1.54, 1.807) is 12.4 Å². The van der Waals surface area contributed by atoms with Crippen molar-refractivity contribution in [2.24, 2.45) is 0 Å². The lowest BCUT2D eigenvalue weighted by Crippen LogP contribution is -2.07. The van der Waals surface area contributed by atoms with Gasteiger partial charge in [-0.25, -0.2) is 0 Å². The van der Waals surface area contributed by atoms with Crippen LogP contribution in [0.1, 0.15) is 5.56 Å². The molecule has 2 aromatic heterocycles. The lowest BCUT2D eigenvalue weighted by atomic mass is 10.3. The number of aromatic nitrogens is 4. The second-order valence-electron chi connectivity index (χ2n) is 3.00. The van der Waals surface area contributed by atoms with Crippen molar-refractivity contribution in [3.8, 4) is 0 Å². The minimum Gasteiger partial charge on any atom is -0.368 e. The fraction of sp³-hybridized carbons (Fsp3) is 0.111. The third kappa shape index (κ3) is 2.77. The zero-order chi connectivity index (χ0) is 11.4. The highest BCUT2D eigenvalue weighted by Crippen LogP contribution is 2.08. The first kappa shape index (κ1) is 10.6. The van der Waals surface area contributed by atoms with Crippen LogP contribution in [0.4, 0.5) is 11.9 Å². The zero-order valence-electron chi connectivity index (χ0n) is 8.26. The third-order valence-electron chi connectivity index (χ3n) is 1.83. The molecule has 2 aromatic rings. The summed E-state index contributed by atoms with van der Waals surface area (Å²) in [7, 11) is 0. The average Bonchev–Trinajstić information content (AvgIpc) is 2.27. The maximum atomic E-state index is 5.64. The SMILES string of the molecule is Nc1nc(Cl)nc(NCc2ccncc2)n1. The van der Waals surface area contributed by atoms with E-state index in [4.69, 9.17) is 17.3 Å². The number of nitrogen functional groups attached to an aromatic ring is 1. The lowest BCUT2D eigenvalue weighted by molar-refractivity contribution is 1.01. The smallest absolute Gasteiger partial charge is 0.229 e. The van der Waals surface area contributed by atoms with Crippen molar-refractivity contribution in [1.82, 2.24) is 19.9 Å². The van der Waals surface area contributed by atoms with E-state index in [1.807, 2.05) is 12.1 Å². The van der Waals surface area contributed by atoms with E-state index in [0.717, 1.165) is 5.56 Å². The summed E-state index contributed by atoms with van der Waals surface area (Å²) in [5.74, 6) is 0.451. The summed E-state index contributed by atoms with van der Waals surface area (Å²) in [4.78, 5) is 15.4. The second kappa shape index (κ2) is 4.71. The molecule has 0 aliphatic carbocycles. The van der Waals surface area contributed by atoms with Crippen molar-refractivity contribution in [2.45, 2.75) is 6.54 Å². The summed E-state index contributed by atoms with van der Waals surface area (Å²) in [6.07, 6.45) is 3.43. The first-order chi connectivity index (χ1) is 7.74. The Balaban J connectivity index is 2.05. The zero-order valence-corrected chi connectivity index (χ0v) is 9.02. The Hall–Kier alpha value is -1.95. The largest absolute Gasteiger partial charge is 0.368 e. The van der Waals surface area contributed by atoms with Crippen LogP contribution < -0.4 is 11.1 Å². The number of anilines is 2. The Morgan fingerprint density at radius 1 is 1.19 bits per heavy atom. The Morgan fingerprint density at radius 2 is 1.94 bits per heavy atom. The number of nitrogens with two attached hydrogens (primary N) is 1. The van der Waals surface area contributed by atoms with E-state index in [2.05, 4.69) is 25.3 Å². The molecule has 82 valence electrons. The molecule has 0 atom stereocenters. The van der Waals surface area contributed by atoms with E-state index in [-0.39, 0.29) is 11.2 Å². The number of hydrogen-bond acceptors (Lipinski definition) is 6. The normalized spacial score (nSPS) is 10.1. The molecule has 0 aliphatic heterocycles. The van der Waals surface area contributed by atoms with Crippen molar-refractivity contribution >= 4 is 23.5 Å². The van der Waals surface area contributed by atoms with Gasteiger partial charge in [0, 0.05) is 18.9 Å². The molecule has 0 amide bonds. The maximum absolute atomic E-state index is 5.64. The molecular formula is C9H9ClN6. The minimum atomic E-state index is 0.0738. The molecule has 0 fully saturated rings. The number of rotatable bonds is 3. The van der Waals surface area contributed by atoms with Gasteiger partial charge in [-0.2, -0.15) is 15.0 Å². The van der Waals surface area contributed by atoms with E-state index < -0.39 is 0 Å². The van der Waals surface area contributed by atoms with Gasteiger partial charge >= 0.3 is 0 Å². The summed E-state index contributed by atoms with van der Waals surface area (Å²) in [5, 5.41) is 3.06. The number of hydrogen-bond donors (Lipinski definition) is 2. The van der Waals surface area contributed by atoms with E-state index in [1.165, 1.54) is 0 Å². The fourth-order valence-corrected chi connectivity index (χ4v) is 1.29. The topological polar surface area (TPSA) is 89.6 Å². The predicted octanol–water partition coefficient (Wildman–Crippen LogP) is 1.11. The first-order valence-corrected chi connectivity index (χ1v) is 4.91. The maximum Gasteiger partial charge on any atom is 0.229 e. The highest BCUT2D eigenvalue weighted by atomic mass is 35.5. The van der Waals surface area contributed by atoms with Gasteiger partial charge in [-0.3, -0.25) is 4.98 Å². The molecule has 3 N–H and O–H groups in total. The monoisotopic (exact) mass is 236 g/mol. The Kier molecular flexibility index (Phi) is 3.11. The molecule has 0 aromatic carbocycles. The molecule has 7 heteroatoms. The molecule has 0 aliphatic rings. The summed E-state index contributed by atoms with van der Waals surface area (Å²) in [5.41, 5.74) is 6.49. The van der Waals surface area contributed by atoms with Crippen LogP contribution in [-0.2, 0) is 6.54 Å². The van der Waals surface area contributed by atoms with Crippen molar-refractivity contribution in [3.05, 3.63) is 35.4 Å². The van der Waals surface area contributed by atoms with E-state index in [9.17, 15) is 0 Å². The lowest BCUT2D eigenvalue weighted by Gasteiger charge is -2.04. The standard InChI is InChI=1S/C9H9ClN6/c10-7-14-8(11)16-9(15-7)13-5-6-1-3-12-4-2-6/h1-4H,5H2,(H3,11,13,14,15,16). The molecule has 0 bridgehead atoms. The molecule has 2 rings (SSSR count). The van der Waals surface area contributed by atoms with Gasteiger partial charge in [-0.15, -0.1) is 0 Å². The summed E-state index contributed by atoms with van der Waals surface area (Å²) >= 11 is 5.64. The van der Waals surface area contributed by atoms with Crippen LogP contribution in [0, 0.1) is 0 Å². The Bertz CT molecular complexity index is 454. The van der Waals surface area contributed by atoms with Crippen LogP contribution in [0.3, 0.4) is 0 Å². The molecule has 0 spiro atoms. The van der Waals surface area contributed by atoms with Gasteiger partial charge in [-0.05, 0) is 29.3 Å². The quantitative estimate of drug-likeness (QED) is 0.830. The van der Waals surface area contributed by atoms with Gasteiger partial charge in [-0.1, -0.05) is 0 Å². The predicted molar refractivity (Wildman–Crippen MR) is 60.8 cm³/mol. The highest BCUT2D eigenvalue weighted by Gasteiger charge is 2.01. The molecule has 6 nitrogen and oxygen atoms in total. The van der Waals surface area contributed by atoms with Gasteiger partial charge in [0.25, 0.3) is 0 Å². The van der Waals surface area contributed by atoms with Crippen molar-refractivity contribution in [3.63, 3.8) is 0 Å². The van der Waals surface area contributed by atoms with Crippen molar-refractivity contribution in [2.75, 3.05) is 11.1 Å². The minimum absolute atomic E-state index is 0.0738. The molecule has 0 saturated carbocycles. The first-order valence-electron chi connectivity index (χ1n) is 4.54. The highest BCUT2D eigenvalue weighted by molar-refractivity contribution is 6.28. The summed E-state index contributed by atoms with van der Waals surface area (Å²) in [6.45, 7) is 0.572. The molecule has 16 heavy (non-hydrogen) atoms. The third-order valence-corrected chi connectivity index (χ3v) is 1.99.